The van der Waals surface area contributed by atoms with Crippen LogP contribution < -0.4 is 0 Å². The van der Waals surface area contributed by atoms with E-state index in [4.69, 9.17) is 0 Å². The van der Waals surface area contributed by atoms with Crippen LogP contribution in [0, 0.1) is 11.8 Å². The molecule has 0 fully saturated rings. The zero-order chi connectivity index (χ0) is 11.7. The van der Waals surface area contributed by atoms with Crippen LogP contribution in [0.5, 0.6) is 5.75 Å². The molecule has 0 bridgehead atoms. The molecule has 86 valence electrons. The lowest BCUT2D eigenvalue weighted by Gasteiger charge is -2.30. The highest BCUT2D eigenvalue weighted by Gasteiger charge is 2.25. The van der Waals surface area contributed by atoms with Crippen LogP contribution in [0.15, 0.2) is 54.6 Å². The molecule has 2 unspecified atom stereocenters. The molecule has 1 aromatic carbocycles. The maximum Gasteiger partial charge on any atom is 0.116 e. The van der Waals surface area contributed by atoms with Gasteiger partial charge in [0.05, 0.1) is 0 Å². The zero-order valence-electron chi connectivity index (χ0n) is 9.71. The molecule has 0 aromatic heterocycles. The van der Waals surface area contributed by atoms with Crippen LogP contribution in [0.2, 0.25) is 0 Å². The van der Waals surface area contributed by atoms with Crippen molar-refractivity contribution in [2.45, 2.75) is 12.8 Å². The second kappa shape index (κ2) is 4.25. The Labute approximate surface area is 102 Å². The molecule has 1 N–H and O–H groups in total. The smallest absolute Gasteiger partial charge is 0.116 e. The molecule has 0 saturated heterocycles. The van der Waals surface area contributed by atoms with Crippen molar-refractivity contribution < 1.29 is 5.11 Å². The van der Waals surface area contributed by atoms with Gasteiger partial charge in [0.2, 0.25) is 0 Å². The molecule has 0 heterocycles. The van der Waals surface area contributed by atoms with E-state index in [0.29, 0.717) is 17.6 Å². The van der Waals surface area contributed by atoms with E-state index in [-0.39, 0.29) is 0 Å². The summed E-state index contributed by atoms with van der Waals surface area (Å²) in [6, 6.07) is 7.58. The number of benzene rings is 1. The van der Waals surface area contributed by atoms with Crippen molar-refractivity contribution in [2.24, 2.45) is 11.8 Å². The van der Waals surface area contributed by atoms with Gasteiger partial charge < -0.3 is 5.11 Å². The van der Waals surface area contributed by atoms with Crippen molar-refractivity contribution in [3.8, 4) is 5.75 Å². The van der Waals surface area contributed by atoms with Gasteiger partial charge in [-0.15, -0.1) is 0 Å². The Balaban J connectivity index is 1.99. The van der Waals surface area contributed by atoms with Crippen LogP contribution in [0.25, 0.3) is 5.57 Å². The summed E-state index contributed by atoms with van der Waals surface area (Å²) in [5.74, 6) is 1.46. The zero-order valence-corrected chi connectivity index (χ0v) is 9.71. The van der Waals surface area contributed by atoms with Crippen molar-refractivity contribution in [2.75, 3.05) is 0 Å². The molecule has 3 rings (SSSR count). The molecule has 2 atom stereocenters. The molecule has 17 heavy (non-hydrogen) atoms. The molecule has 0 saturated carbocycles. The van der Waals surface area contributed by atoms with Crippen LogP contribution >= 0.6 is 0 Å². The van der Waals surface area contributed by atoms with E-state index in [0.717, 1.165) is 12.0 Å². The van der Waals surface area contributed by atoms with E-state index in [1.807, 2.05) is 12.1 Å². The Morgan fingerprint density at radius 3 is 2.88 bits per heavy atom. The maximum absolute atomic E-state index is 9.58. The molecule has 1 nitrogen and oxygen atoms in total. The number of rotatable bonds is 1. The van der Waals surface area contributed by atoms with E-state index in [9.17, 15) is 5.11 Å². The number of fused-ring (bicyclic) bond motifs is 1. The van der Waals surface area contributed by atoms with Gasteiger partial charge in [-0.05, 0) is 42.0 Å². The van der Waals surface area contributed by atoms with Gasteiger partial charge in [-0.1, -0.05) is 42.5 Å². The highest BCUT2D eigenvalue weighted by molar-refractivity contribution is 5.71. The maximum atomic E-state index is 9.58. The van der Waals surface area contributed by atoms with Crippen LogP contribution in [0.1, 0.15) is 18.4 Å². The fourth-order valence-electron chi connectivity index (χ4n) is 2.83. The number of phenolic OH excluding ortho intramolecular Hbond substituents is 1. The van der Waals surface area contributed by atoms with Gasteiger partial charge in [0.25, 0.3) is 0 Å². The normalized spacial score (nSPS) is 26.5. The summed E-state index contributed by atoms with van der Waals surface area (Å²) in [7, 11) is 0. The number of aromatic hydroxyl groups is 1. The van der Waals surface area contributed by atoms with E-state index < -0.39 is 0 Å². The summed E-state index contributed by atoms with van der Waals surface area (Å²) in [6.07, 6.45) is 13.5. The van der Waals surface area contributed by atoms with Gasteiger partial charge in [-0.2, -0.15) is 0 Å². The fraction of sp³-hybridized carbons (Fsp3) is 0.250. The minimum absolute atomic E-state index is 0.348. The van der Waals surface area contributed by atoms with E-state index in [1.165, 1.54) is 12.0 Å². The molecule has 0 amide bonds. The monoisotopic (exact) mass is 224 g/mol. The van der Waals surface area contributed by atoms with Gasteiger partial charge in [0.15, 0.2) is 0 Å². The van der Waals surface area contributed by atoms with E-state index in [1.54, 1.807) is 6.07 Å². The Bertz CT molecular complexity index is 508. The summed E-state index contributed by atoms with van der Waals surface area (Å²) in [5.41, 5.74) is 2.51. The molecular weight excluding hydrogens is 208 g/mol. The molecular formula is C16H16O. The van der Waals surface area contributed by atoms with Crippen LogP contribution in [0.4, 0.5) is 0 Å². The highest BCUT2D eigenvalue weighted by Crippen LogP contribution is 2.40. The third kappa shape index (κ3) is 1.93. The summed E-state index contributed by atoms with van der Waals surface area (Å²) in [5, 5.41) is 9.58. The molecule has 0 spiro atoms. The van der Waals surface area contributed by atoms with Gasteiger partial charge in [0.1, 0.15) is 5.75 Å². The van der Waals surface area contributed by atoms with E-state index in [2.05, 4.69) is 36.4 Å². The first-order chi connectivity index (χ1) is 8.34. The quantitative estimate of drug-likeness (QED) is 0.766. The first kappa shape index (κ1) is 10.4. The van der Waals surface area contributed by atoms with Crippen molar-refractivity contribution in [1.29, 1.82) is 0 Å². The second-order valence-corrected chi connectivity index (χ2v) is 4.75. The molecule has 0 aliphatic heterocycles. The number of hydrogen-bond donors (Lipinski definition) is 1. The Morgan fingerprint density at radius 2 is 2.00 bits per heavy atom. The average molecular weight is 224 g/mol. The Morgan fingerprint density at radius 1 is 1.12 bits per heavy atom. The SMILES string of the molecule is Oc1cccc(C2=CCCC3C=CC=CC23)c1. The topological polar surface area (TPSA) is 20.2 Å². The van der Waals surface area contributed by atoms with Crippen molar-refractivity contribution >= 4 is 5.57 Å². The summed E-state index contributed by atoms with van der Waals surface area (Å²) in [6.45, 7) is 0. The van der Waals surface area contributed by atoms with Crippen LogP contribution in [-0.4, -0.2) is 5.11 Å². The number of phenols is 1. The minimum atomic E-state index is 0.348. The number of hydrogen-bond acceptors (Lipinski definition) is 1. The van der Waals surface area contributed by atoms with E-state index >= 15 is 0 Å². The highest BCUT2D eigenvalue weighted by atomic mass is 16.3. The van der Waals surface area contributed by atoms with Crippen molar-refractivity contribution in [3.63, 3.8) is 0 Å². The third-order valence-corrected chi connectivity index (χ3v) is 3.65. The lowest BCUT2D eigenvalue weighted by molar-refractivity contribution is 0.474. The summed E-state index contributed by atoms with van der Waals surface area (Å²) in [4.78, 5) is 0. The first-order valence-corrected chi connectivity index (χ1v) is 6.19. The minimum Gasteiger partial charge on any atom is -0.508 e. The average Bonchev–Trinajstić information content (AvgIpc) is 2.38. The third-order valence-electron chi connectivity index (χ3n) is 3.65. The van der Waals surface area contributed by atoms with Crippen LogP contribution in [0.3, 0.4) is 0 Å². The van der Waals surface area contributed by atoms with Gasteiger partial charge in [-0.25, -0.2) is 0 Å². The summed E-state index contributed by atoms with van der Waals surface area (Å²) < 4.78 is 0. The second-order valence-electron chi connectivity index (χ2n) is 4.75. The fourth-order valence-corrected chi connectivity index (χ4v) is 2.83. The Hall–Kier alpha value is -1.76. The summed E-state index contributed by atoms with van der Waals surface area (Å²) >= 11 is 0. The van der Waals surface area contributed by atoms with Gasteiger partial charge in [0, 0.05) is 5.92 Å². The predicted molar refractivity (Wildman–Crippen MR) is 70.6 cm³/mol. The first-order valence-electron chi connectivity index (χ1n) is 6.19. The molecule has 1 heteroatoms. The molecule has 0 radical (unpaired) electrons. The molecule has 2 aliphatic carbocycles. The van der Waals surface area contributed by atoms with Crippen molar-refractivity contribution in [1.82, 2.24) is 0 Å². The lowest BCUT2D eigenvalue weighted by Crippen LogP contribution is -2.17. The molecule has 1 aromatic rings. The van der Waals surface area contributed by atoms with Gasteiger partial charge >= 0.3 is 0 Å². The van der Waals surface area contributed by atoms with Crippen molar-refractivity contribution in [3.05, 3.63) is 60.2 Å². The molecule has 2 aliphatic rings. The Kier molecular flexibility index (Phi) is 2.60. The standard InChI is InChI=1S/C16H16O/c17-14-8-3-7-13(11-14)16-10-4-6-12-5-1-2-9-15(12)16/h1-3,5,7-12,15,17H,4,6H2. The number of allylic oxidation sites excluding steroid dienone is 6. The lowest BCUT2D eigenvalue weighted by atomic mass is 9.74. The van der Waals surface area contributed by atoms with Crippen LogP contribution in [-0.2, 0) is 0 Å². The predicted octanol–water partition coefficient (Wildman–Crippen LogP) is 3.93. The van der Waals surface area contributed by atoms with Gasteiger partial charge in [-0.3, -0.25) is 0 Å². The largest absolute Gasteiger partial charge is 0.508 e.